The molecule has 2 N–H and O–H groups in total. The van der Waals surface area contributed by atoms with Crippen molar-refractivity contribution in [2.75, 3.05) is 6.54 Å². The summed E-state index contributed by atoms with van der Waals surface area (Å²) in [6.45, 7) is 4.28. The Hall–Kier alpha value is -3.41. The maximum Gasteiger partial charge on any atom is 0.280 e. The fourth-order valence-electron chi connectivity index (χ4n) is 3.51. The summed E-state index contributed by atoms with van der Waals surface area (Å²) < 4.78 is 14.6. The van der Waals surface area contributed by atoms with Gasteiger partial charge in [-0.15, -0.1) is 0 Å². The van der Waals surface area contributed by atoms with Crippen molar-refractivity contribution in [3.05, 3.63) is 87.7 Å². The molecular formula is C22H21FN4O. The minimum absolute atomic E-state index is 0.183. The second-order valence-electron chi connectivity index (χ2n) is 6.81. The van der Waals surface area contributed by atoms with Gasteiger partial charge in [-0.2, -0.15) is 0 Å². The summed E-state index contributed by atoms with van der Waals surface area (Å²) in [5, 5.41) is 4.25. The van der Waals surface area contributed by atoms with E-state index in [0.717, 1.165) is 17.6 Å². The first kappa shape index (κ1) is 18.0. The highest BCUT2D eigenvalue weighted by atomic mass is 19.1. The predicted molar refractivity (Wildman–Crippen MR) is 110 cm³/mol. The molecule has 0 spiro atoms. The highest BCUT2D eigenvalue weighted by molar-refractivity contribution is 5.99. The van der Waals surface area contributed by atoms with Gasteiger partial charge in [0.05, 0.1) is 11.3 Å². The molecule has 0 bridgehead atoms. The van der Waals surface area contributed by atoms with Crippen molar-refractivity contribution in [2.24, 2.45) is 4.99 Å². The Bertz CT molecular complexity index is 1210. The molecule has 0 fully saturated rings. The van der Waals surface area contributed by atoms with Gasteiger partial charge in [-0.05, 0) is 56.2 Å². The fourth-order valence-corrected chi connectivity index (χ4v) is 3.51. The molecule has 5 nitrogen and oxygen atoms in total. The van der Waals surface area contributed by atoms with E-state index in [-0.39, 0.29) is 11.4 Å². The van der Waals surface area contributed by atoms with E-state index < -0.39 is 0 Å². The number of aliphatic imine (C=N–C) groups is 1. The van der Waals surface area contributed by atoms with Gasteiger partial charge in [0.1, 0.15) is 5.82 Å². The number of aromatic nitrogens is 3. The van der Waals surface area contributed by atoms with Gasteiger partial charge < -0.3 is 4.98 Å². The molecule has 28 heavy (non-hydrogen) atoms. The summed E-state index contributed by atoms with van der Waals surface area (Å²) in [6, 6.07) is 14.0. The lowest BCUT2D eigenvalue weighted by Crippen LogP contribution is -2.20. The molecule has 0 aliphatic carbocycles. The number of halogens is 1. The van der Waals surface area contributed by atoms with Gasteiger partial charge in [0.25, 0.3) is 5.56 Å². The number of nitrogens with one attached hydrogen (secondary N) is 2. The zero-order valence-electron chi connectivity index (χ0n) is 15.8. The van der Waals surface area contributed by atoms with Crippen molar-refractivity contribution in [1.82, 2.24) is 14.8 Å². The van der Waals surface area contributed by atoms with E-state index in [1.165, 1.54) is 27.8 Å². The van der Waals surface area contributed by atoms with E-state index in [2.05, 4.69) is 27.2 Å². The van der Waals surface area contributed by atoms with Gasteiger partial charge >= 0.3 is 0 Å². The average Bonchev–Trinajstić information content (AvgIpc) is 3.23. The van der Waals surface area contributed by atoms with Crippen molar-refractivity contribution < 1.29 is 4.39 Å². The molecule has 0 radical (unpaired) electrons. The van der Waals surface area contributed by atoms with E-state index in [9.17, 15) is 9.18 Å². The molecule has 0 saturated heterocycles. The summed E-state index contributed by atoms with van der Waals surface area (Å²) >= 11 is 0. The largest absolute Gasteiger partial charge is 0.361 e. The second-order valence-corrected chi connectivity index (χ2v) is 6.81. The van der Waals surface area contributed by atoms with Gasteiger partial charge in [-0.1, -0.05) is 18.2 Å². The molecule has 0 atom stereocenters. The first-order chi connectivity index (χ1) is 13.5. The SMILES string of the molecule is CC(=NCCc1c[nH]c2ccccc12)c1c(C)[nH]n(-c2ccc(F)cc2)c1=O. The lowest BCUT2D eigenvalue weighted by Gasteiger charge is -2.01. The molecule has 0 saturated carbocycles. The summed E-state index contributed by atoms with van der Waals surface area (Å²) in [6.07, 6.45) is 2.80. The molecule has 4 aromatic rings. The Balaban J connectivity index is 1.57. The van der Waals surface area contributed by atoms with Crippen LogP contribution >= 0.6 is 0 Å². The number of benzene rings is 2. The van der Waals surface area contributed by atoms with Gasteiger partial charge in [0.15, 0.2) is 0 Å². The standard InChI is InChI=1S/C22H21FN4O/c1-14(24-12-11-16-13-25-20-6-4-3-5-19(16)20)21-15(2)26-27(22(21)28)18-9-7-17(23)8-10-18/h3-10,13,25-26H,11-12H2,1-2H3. The monoisotopic (exact) mass is 376 g/mol. The van der Waals surface area contributed by atoms with E-state index in [1.807, 2.05) is 32.2 Å². The fraction of sp³-hybridized carbons (Fsp3) is 0.182. The van der Waals surface area contributed by atoms with Gasteiger partial charge in [-0.3, -0.25) is 14.9 Å². The summed E-state index contributed by atoms with van der Waals surface area (Å²) in [7, 11) is 0. The van der Waals surface area contributed by atoms with Crippen molar-refractivity contribution in [3.63, 3.8) is 0 Å². The number of aromatic amines is 2. The van der Waals surface area contributed by atoms with Crippen molar-refractivity contribution >= 4 is 16.6 Å². The molecule has 0 aliphatic heterocycles. The van der Waals surface area contributed by atoms with Crippen LogP contribution in [0.4, 0.5) is 4.39 Å². The van der Waals surface area contributed by atoms with Crippen molar-refractivity contribution in [1.29, 1.82) is 0 Å². The van der Waals surface area contributed by atoms with Crippen LogP contribution in [-0.2, 0) is 6.42 Å². The van der Waals surface area contributed by atoms with Crippen LogP contribution in [0.2, 0.25) is 0 Å². The third-order valence-corrected chi connectivity index (χ3v) is 4.92. The molecule has 2 aromatic carbocycles. The van der Waals surface area contributed by atoms with E-state index in [1.54, 1.807) is 12.1 Å². The quantitative estimate of drug-likeness (QED) is 0.505. The zero-order chi connectivity index (χ0) is 19.7. The molecule has 142 valence electrons. The zero-order valence-corrected chi connectivity index (χ0v) is 15.8. The Morgan fingerprint density at radius 2 is 1.89 bits per heavy atom. The molecule has 0 amide bonds. The Kier molecular flexibility index (Phi) is 4.69. The summed E-state index contributed by atoms with van der Waals surface area (Å²) in [4.78, 5) is 20.7. The molecule has 4 rings (SSSR count). The first-order valence-corrected chi connectivity index (χ1v) is 9.18. The van der Waals surface area contributed by atoms with Crippen LogP contribution < -0.4 is 5.56 Å². The topological polar surface area (TPSA) is 65.9 Å². The number of para-hydroxylation sites is 1. The number of fused-ring (bicyclic) bond motifs is 1. The van der Waals surface area contributed by atoms with Crippen LogP contribution in [-0.4, -0.2) is 27.0 Å². The average molecular weight is 376 g/mol. The lowest BCUT2D eigenvalue weighted by atomic mass is 10.1. The van der Waals surface area contributed by atoms with Crippen molar-refractivity contribution in [3.8, 4) is 5.69 Å². The van der Waals surface area contributed by atoms with Gasteiger partial charge in [0.2, 0.25) is 0 Å². The van der Waals surface area contributed by atoms with Crippen LogP contribution in [0.3, 0.4) is 0 Å². The van der Waals surface area contributed by atoms with Crippen LogP contribution in [0, 0.1) is 12.7 Å². The highest BCUT2D eigenvalue weighted by Gasteiger charge is 2.15. The van der Waals surface area contributed by atoms with Crippen LogP contribution in [0.1, 0.15) is 23.7 Å². The molecule has 6 heteroatoms. The Labute approximate surface area is 161 Å². The summed E-state index contributed by atoms with van der Waals surface area (Å²) in [5.41, 5.74) is 4.72. The first-order valence-electron chi connectivity index (χ1n) is 9.18. The van der Waals surface area contributed by atoms with E-state index in [0.29, 0.717) is 23.5 Å². The Morgan fingerprint density at radius 3 is 2.68 bits per heavy atom. The molecule has 2 aromatic heterocycles. The molecule has 0 aliphatic rings. The minimum Gasteiger partial charge on any atom is -0.361 e. The molecule has 0 unspecified atom stereocenters. The van der Waals surface area contributed by atoms with Gasteiger partial charge in [0, 0.05) is 35.1 Å². The third-order valence-electron chi connectivity index (χ3n) is 4.92. The Morgan fingerprint density at radius 1 is 1.14 bits per heavy atom. The predicted octanol–water partition coefficient (Wildman–Crippen LogP) is 4.15. The molecular weight excluding hydrogens is 355 g/mol. The van der Waals surface area contributed by atoms with Crippen LogP contribution in [0.25, 0.3) is 16.6 Å². The maximum atomic E-state index is 13.2. The van der Waals surface area contributed by atoms with Crippen LogP contribution in [0.15, 0.2) is 64.5 Å². The smallest absolute Gasteiger partial charge is 0.280 e. The maximum absolute atomic E-state index is 13.2. The summed E-state index contributed by atoms with van der Waals surface area (Å²) in [5.74, 6) is -0.338. The van der Waals surface area contributed by atoms with Crippen molar-refractivity contribution in [2.45, 2.75) is 20.3 Å². The van der Waals surface area contributed by atoms with E-state index >= 15 is 0 Å². The van der Waals surface area contributed by atoms with E-state index in [4.69, 9.17) is 0 Å². The second kappa shape index (κ2) is 7.31. The number of nitrogens with zero attached hydrogens (tertiary/aromatic N) is 2. The number of hydrogen-bond acceptors (Lipinski definition) is 2. The van der Waals surface area contributed by atoms with Crippen LogP contribution in [0.5, 0.6) is 0 Å². The highest BCUT2D eigenvalue weighted by Crippen LogP contribution is 2.18. The number of rotatable bonds is 5. The normalized spacial score (nSPS) is 12.0. The molecule has 2 heterocycles. The third kappa shape index (κ3) is 3.29. The van der Waals surface area contributed by atoms with Gasteiger partial charge in [-0.25, -0.2) is 9.07 Å². The minimum atomic E-state index is -0.338. The lowest BCUT2D eigenvalue weighted by molar-refractivity contribution is 0.627. The number of H-pyrrole nitrogens is 2. The number of hydrogen-bond donors (Lipinski definition) is 2. The number of aryl methyl sites for hydroxylation is 1.